The summed E-state index contributed by atoms with van der Waals surface area (Å²) in [6.45, 7) is 6.89. The maximum absolute atomic E-state index is 13.6. The van der Waals surface area contributed by atoms with E-state index < -0.39 is 0 Å². The van der Waals surface area contributed by atoms with E-state index in [2.05, 4.69) is 17.1 Å². The van der Waals surface area contributed by atoms with Crippen LogP contribution < -0.4 is 5.32 Å². The molecule has 150 valence electrons. The summed E-state index contributed by atoms with van der Waals surface area (Å²) < 4.78 is 18.5. The van der Waals surface area contributed by atoms with Crippen LogP contribution in [0.25, 0.3) is 0 Å². The van der Waals surface area contributed by atoms with Crippen molar-refractivity contribution in [1.82, 2.24) is 10.2 Å². The molecule has 2 atom stereocenters. The van der Waals surface area contributed by atoms with Gasteiger partial charge in [0.1, 0.15) is 5.82 Å². The van der Waals surface area contributed by atoms with Gasteiger partial charge in [0.25, 0.3) is 0 Å². The lowest BCUT2D eigenvalue weighted by molar-refractivity contribution is -0.145. The number of esters is 1. The Hall–Kier alpha value is -1.38. The van der Waals surface area contributed by atoms with Gasteiger partial charge in [-0.25, -0.2) is 4.39 Å². The number of benzene rings is 1. The number of nitrogens with one attached hydrogen (secondary N) is 1. The largest absolute Gasteiger partial charge is 0.469 e. The van der Waals surface area contributed by atoms with Crippen molar-refractivity contribution in [2.24, 2.45) is 16.8 Å². The van der Waals surface area contributed by atoms with Gasteiger partial charge in [-0.1, -0.05) is 19.1 Å². The van der Waals surface area contributed by atoms with Crippen LogP contribution in [-0.2, 0) is 14.9 Å². The number of guanidine groups is 1. The first kappa shape index (κ1) is 21.9. The predicted molar refractivity (Wildman–Crippen MR) is 115 cm³/mol. The minimum atomic E-state index is -0.195. The number of likely N-dealkylation sites (tertiary alicyclic amines) is 1. The van der Waals surface area contributed by atoms with Crippen LogP contribution in [0.1, 0.15) is 32.3 Å². The zero-order chi connectivity index (χ0) is 18.7. The Kier molecular flexibility index (Phi) is 7.47. The average molecular weight is 489 g/mol. The molecule has 1 saturated carbocycles. The molecule has 3 rings (SSSR count). The van der Waals surface area contributed by atoms with Gasteiger partial charge in [-0.2, -0.15) is 0 Å². The molecule has 1 N–H and O–H groups in total. The Morgan fingerprint density at radius 3 is 2.74 bits per heavy atom. The summed E-state index contributed by atoms with van der Waals surface area (Å²) in [5, 5.41) is 3.34. The van der Waals surface area contributed by atoms with Gasteiger partial charge in [-0.3, -0.25) is 9.79 Å². The van der Waals surface area contributed by atoms with Crippen molar-refractivity contribution in [3.05, 3.63) is 35.6 Å². The number of aliphatic imine (C=N–C) groups is 1. The minimum absolute atomic E-state index is 0. The van der Waals surface area contributed by atoms with Gasteiger partial charge in [0.05, 0.1) is 19.6 Å². The second-order valence-corrected chi connectivity index (χ2v) is 7.47. The van der Waals surface area contributed by atoms with E-state index >= 15 is 0 Å². The fraction of sp³-hybridized carbons (Fsp3) is 0.600. The number of ether oxygens (including phenoxy) is 1. The van der Waals surface area contributed by atoms with Crippen molar-refractivity contribution in [2.45, 2.75) is 32.1 Å². The summed E-state index contributed by atoms with van der Waals surface area (Å²) in [6.07, 6.45) is 2.06. The second kappa shape index (κ2) is 9.21. The summed E-state index contributed by atoms with van der Waals surface area (Å²) in [5.74, 6) is 0.577. The van der Waals surface area contributed by atoms with E-state index in [4.69, 9.17) is 9.73 Å². The van der Waals surface area contributed by atoms with Gasteiger partial charge in [0.15, 0.2) is 5.96 Å². The molecule has 1 heterocycles. The lowest BCUT2D eigenvalue weighted by Crippen LogP contribution is -2.41. The van der Waals surface area contributed by atoms with Crippen LogP contribution in [0.3, 0.4) is 0 Å². The van der Waals surface area contributed by atoms with Gasteiger partial charge in [0.2, 0.25) is 0 Å². The number of carbonyl (C=O) groups is 1. The molecule has 0 spiro atoms. The zero-order valence-electron chi connectivity index (χ0n) is 16.2. The van der Waals surface area contributed by atoms with Gasteiger partial charge >= 0.3 is 5.97 Å². The number of nitrogens with zero attached hydrogens (tertiary/aromatic N) is 2. The van der Waals surface area contributed by atoms with E-state index in [1.54, 1.807) is 12.1 Å². The maximum atomic E-state index is 13.6. The molecule has 1 aliphatic carbocycles. The third-order valence-corrected chi connectivity index (χ3v) is 5.57. The SMILES string of the molecule is CCNC(=NCC1(c2cccc(F)c2)CC1)N1CC(C)C(C(=O)OC)C1.I. The first-order valence-electron chi connectivity index (χ1n) is 9.36. The van der Waals surface area contributed by atoms with Crippen LogP contribution >= 0.6 is 24.0 Å². The molecule has 0 aromatic heterocycles. The van der Waals surface area contributed by atoms with E-state index in [1.807, 2.05) is 13.0 Å². The average Bonchev–Trinajstić information content (AvgIpc) is 3.33. The summed E-state index contributed by atoms with van der Waals surface area (Å²) in [7, 11) is 1.44. The second-order valence-electron chi connectivity index (χ2n) is 7.47. The van der Waals surface area contributed by atoms with Gasteiger partial charge in [-0.15, -0.1) is 24.0 Å². The molecule has 0 amide bonds. The molecule has 2 unspecified atom stereocenters. The van der Waals surface area contributed by atoms with E-state index in [-0.39, 0.29) is 53.0 Å². The molecule has 0 bridgehead atoms. The molecular weight excluding hydrogens is 460 g/mol. The minimum Gasteiger partial charge on any atom is -0.469 e. The number of carbonyl (C=O) groups excluding carboxylic acids is 1. The summed E-state index contributed by atoms with van der Waals surface area (Å²) in [5.41, 5.74) is 0.981. The Labute approximate surface area is 177 Å². The number of methoxy groups -OCH3 is 1. The molecule has 0 radical (unpaired) electrons. The summed E-state index contributed by atoms with van der Waals surface area (Å²) in [6, 6.07) is 6.86. The fourth-order valence-electron chi connectivity index (χ4n) is 3.76. The molecule has 2 fully saturated rings. The Morgan fingerprint density at radius 1 is 1.41 bits per heavy atom. The highest BCUT2D eigenvalue weighted by atomic mass is 127. The van der Waals surface area contributed by atoms with Crippen LogP contribution in [0.15, 0.2) is 29.3 Å². The maximum Gasteiger partial charge on any atom is 0.310 e. The normalized spacial score (nSPS) is 23.6. The third-order valence-electron chi connectivity index (χ3n) is 5.57. The number of rotatable bonds is 5. The van der Waals surface area contributed by atoms with Crippen LogP contribution in [0.4, 0.5) is 4.39 Å². The Bertz CT molecular complexity index is 694. The lowest BCUT2D eigenvalue weighted by Gasteiger charge is -2.23. The van der Waals surface area contributed by atoms with Gasteiger partial charge in [0, 0.05) is 25.0 Å². The lowest BCUT2D eigenvalue weighted by atomic mass is 9.96. The molecule has 2 aliphatic rings. The summed E-state index contributed by atoms with van der Waals surface area (Å²) in [4.78, 5) is 18.9. The quantitative estimate of drug-likeness (QED) is 0.299. The highest BCUT2D eigenvalue weighted by molar-refractivity contribution is 14.0. The van der Waals surface area contributed by atoms with Crippen LogP contribution in [0, 0.1) is 17.7 Å². The summed E-state index contributed by atoms with van der Waals surface area (Å²) >= 11 is 0. The predicted octanol–water partition coefficient (Wildman–Crippen LogP) is 3.18. The Morgan fingerprint density at radius 2 is 2.15 bits per heavy atom. The van der Waals surface area contributed by atoms with Crippen LogP contribution in [-0.4, -0.2) is 50.1 Å². The van der Waals surface area contributed by atoms with Crippen molar-refractivity contribution in [3.8, 4) is 0 Å². The van der Waals surface area contributed by atoms with Crippen molar-refractivity contribution in [3.63, 3.8) is 0 Å². The van der Waals surface area contributed by atoms with Gasteiger partial charge < -0.3 is 15.0 Å². The molecule has 27 heavy (non-hydrogen) atoms. The zero-order valence-corrected chi connectivity index (χ0v) is 18.5. The fourth-order valence-corrected chi connectivity index (χ4v) is 3.76. The van der Waals surface area contributed by atoms with Crippen molar-refractivity contribution >= 4 is 35.9 Å². The first-order chi connectivity index (χ1) is 12.5. The smallest absolute Gasteiger partial charge is 0.310 e. The number of hydrogen-bond donors (Lipinski definition) is 1. The van der Waals surface area contributed by atoms with E-state index in [0.29, 0.717) is 13.1 Å². The monoisotopic (exact) mass is 489 g/mol. The molecule has 1 saturated heterocycles. The van der Waals surface area contributed by atoms with E-state index in [9.17, 15) is 9.18 Å². The van der Waals surface area contributed by atoms with E-state index in [1.165, 1.54) is 13.2 Å². The molecule has 1 aliphatic heterocycles. The molecule has 7 heteroatoms. The standard InChI is InChI=1S/C20H28FN3O2.HI/c1-4-22-19(24-11-14(2)17(12-24)18(25)26-3)23-13-20(8-9-20)15-6-5-7-16(21)10-15;/h5-7,10,14,17H,4,8-9,11-13H2,1-3H3,(H,22,23);1H. The number of halogens is 2. The first-order valence-corrected chi connectivity index (χ1v) is 9.36. The molecule has 1 aromatic carbocycles. The van der Waals surface area contributed by atoms with Crippen molar-refractivity contribution < 1.29 is 13.9 Å². The van der Waals surface area contributed by atoms with E-state index in [0.717, 1.165) is 37.5 Å². The highest BCUT2D eigenvalue weighted by Crippen LogP contribution is 2.48. The topological polar surface area (TPSA) is 53.9 Å². The Balaban J connectivity index is 0.00000261. The van der Waals surface area contributed by atoms with Crippen LogP contribution in [0.5, 0.6) is 0 Å². The molecule has 5 nitrogen and oxygen atoms in total. The third kappa shape index (κ3) is 4.92. The number of hydrogen-bond acceptors (Lipinski definition) is 3. The van der Waals surface area contributed by atoms with Crippen LogP contribution in [0.2, 0.25) is 0 Å². The van der Waals surface area contributed by atoms with Gasteiger partial charge in [-0.05, 0) is 43.4 Å². The molecule has 1 aromatic rings. The van der Waals surface area contributed by atoms with Crippen molar-refractivity contribution in [2.75, 3.05) is 33.3 Å². The molecular formula is C20H29FIN3O2. The highest BCUT2D eigenvalue weighted by Gasteiger charge is 2.44. The van der Waals surface area contributed by atoms with Crippen molar-refractivity contribution in [1.29, 1.82) is 0 Å².